The van der Waals surface area contributed by atoms with Crippen LogP contribution in [-0.2, 0) is 14.3 Å². The van der Waals surface area contributed by atoms with Gasteiger partial charge in [-0.15, -0.1) is 0 Å². The molecule has 0 aromatic heterocycles. The predicted octanol–water partition coefficient (Wildman–Crippen LogP) is 2.06. The van der Waals surface area contributed by atoms with Gasteiger partial charge in [0.05, 0.1) is 13.0 Å². The van der Waals surface area contributed by atoms with Crippen LogP contribution >= 0.6 is 0 Å². The molecule has 0 amide bonds. The summed E-state index contributed by atoms with van der Waals surface area (Å²) in [4.78, 5) is 10.9. The molecule has 0 aromatic rings. The summed E-state index contributed by atoms with van der Waals surface area (Å²) < 4.78 is 10.5. The Morgan fingerprint density at radius 3 is 2.93 bits per heavy atom. The molecular formula is C11H18O3. The normalized spacial score (nSPS) is 27.1. The molecule has 2 unspecified atom stereocenters. The number of hydrogen-bond donors (Lipinski definition) is 0. The molecule has 0 aromatic carbocycles. The zero-order valence-electron chi connectivity index (χ0n) is 8.86. The van der Waals surface area contributed by atoms with Crippen LogP contribution in [0.2, 0.25) is 0 Å². The lowest BCUT2D eigenvalue weighted by Crippen LogP contribution is -2.21. The lowest BCUT2D eigenvalue weighted by molar-refractivity contribution is -0.141. The van der Waals surface area contributed by atoms with Crippen molar-refractivity contribution >= 4 is 5.97 Å². The average Bonchev–Trinajstić information content (AvgIpc) is 2.45. The summed E-state index contributed by atoms with van der Waals surface area (Å²) in [5, 5.41) is 0. The third kappa shape index (κ3) is 3.50. The summed E-state index contributed by atoms with van der Waals surface area (Å²) in [6, 6.07) is 0. The Morgan fingerprint density at radius 1 is 1.57 bits per heavy atom. The fourth-order valence-electron chi connectivity index (χ4n) is 1.43. The number of allylic oxidation sites excluding steroid dienone is 1. The van der Waals surface area contributed by atoms with Crippen molar-refractivity contribution in [2.75, 3.05) is 6.61 Å². The number of carbonyl (C=O) groups excluding carboxylic acids is 1. The van der Waals surface area contributed by atoms with Crippen molar-refractivity contribution in [2.45, 2.75) is 45.3 Å². The number of hydrogen-bond acceptors (Lipinski definition) is 3. The molecule has 1 rings (SSSR count). The van der Waals surface area contributed by atoms with Gasteiger partial charge in [-0.3, -0.25) is 4.79 Å². The molecule has 1 fully saturated rings. The largest absolute Gasteiger partial charge is 0.460 e. The summed E-state index contributed by atoms with van der Waals surface area (Å²) in [5.74, 6) is -0.147. The Kier molecular flexibility index (Phi) is 4.66. The van der Waals surface area contributed by atoms with E-state index in [0.717, 1.165) is 12.8 Å². The molecule has 0 bridgehead atoms. The van der Waals surface area contributed by atoms with Crippen LogP contribution in [0.25, 0.3) is 0 Å². The van der Waals surface area contributed by atoms with Gasteiger partial charge in [-0.1, -0.05) is 19.1 Å². The van der Waals surface area contributed by atoms with Crippen LogP contribution in [-0.4, -0.2) is 24.8 Å². The van der Waals surface area contributed by atoms with Crippen molar-refractivity contribution in [3.63, 3.8) is 0 Å². The summed E-state index contributed by atoms with van der Waals surface area (Å²) >= 11 is 0. The van der Waals surface area contributed by atoms with Crippen LogP contribution in [0.15, 0.2) is 12.2 Å². The molecule has 14 heavy (non-hydrogen) atoms. The lowest BCUT2D eigenvalue weighted by atomic mass is 10.2. The van der Waals surface area contributed by atoms with Crippen molar-refractivity contribution in [2.24, 2.45) is 0 Å². The van der Waals surface area contributed by atoms with Crippen molar-refractivity contribution in [3.8, 4) is 0 Å². The zero-order valence-corrected chi connectivity index (χ0v) is 8.86. The van der Waals surface area contributed by atoms with Gasteiger partial charge in [0, 0.05) is 0 Å². The van der Waals surface area contributed by atoms with E-state index in [4.69, 9.17) is 9.47 Å². The fourth-order valence-corrected chi connectivity index (χ4v) is 1.43. The van der Waals surface area contributed by atoms with E-state index in [-0.39, 0.29) is 18.2 Å². The minimum atomic E-state index is -0.147. The van der Waals surface area contributed by atoms with Gasteiger partial charge in [-0.25, -0.2) is 0 Å². The van der Waals surface area contributed by atoms with Gasteiger partial charge in [0.25, 0.3) is 0 Å². The maximum atomic E-state index is 10.9. The lowest BCUT2D eigenvalue weighted by Gasteiger charge is -2.12. The fraction of sp³-hybridized carbons (Fsp3) is 0.727. The van der Waals surface area contributed by atoms with E-state index in [1.54, 1.807) is 0 Å². The SMILES string of the molecule is CC/C=C\CCOC1CC(=O)OC1C. The molecule has 0 radical (unpaired) electrons. The average molecular weight is 198 g/mol. The summed E-state index contributed by atoms with van der Waals surface area (Å²) in [6.45, 7) is 4.64. The summed E-state index contributed by atoms with van der Waals surface area (Å²) in [6.07, 6.45) is 6.45. The number of ether oxygens (including phenoxy) is 2. The van der Waals surface area contributed by atoms with Gasteiger partial charge in [0.2, 0.25) is 0 Å². The van der Waals surface area contributed by atoms with Crippen LogP contribution in [0.1, 0.15) is 33.1 Å². The second kappa shape index (κ2) is 5.81. The molecule has 0 aliphatic carbocycles. The predicted molar refractivity (Wildman–Crippen MR) is 54.0 cm³/mol. The maximum Gasteiger partial charge on any atom is 0.308 e. The number of carbonyl (C=O) groups is 1. The third-order valence-corrected chi connectivity index (χ3v) is 2.23. The van der Waals surface area contributed by atoms with Gasteiger partial charge >= 0.3 is 5.97 Å². The van der Waals surface area contributed by atoms with Gasteiger partial charge in [0.1, 0.15) is 12.2 Å². The van der Waals surface area contributed by atoms with Crippen LogP contribution in [0.4, 0.5) is 0 Å². The highest BCUT2D eigenvalue weighted by Gasteiger charge is 2.31. The first kappa shape index (κ1) is 11.2. The van der Waals surface area contributed by atoms with Gasteiger partial charge in [-0.2, -0.15) is 0 Å². The van der Waals surface area contributed by atoms with Crippen LogP contribution in [0.3, 0.4) is 0 Å². The zero-order chi connectivity index (χ0) is 10.4. The van der Waals surface area contributed by atoms with E-state index in [9.17, 15) is 4.79 Å². The topological polar surface area (TPSA) is 35.5 Å². The van der Waals surface area contributed by atoms with Crippen molar-refractivity contribution in [3.05, 3.63) is 12.2 Å². The van der Waals surface area contributed by atoms with E-state index >= 15 is 0 Å². The first-order valence-electron chi connectivity index (χ1n) is 5.20. The maximum absolute atomic E-state index is 10.9. The van der Waals surface area contributed by atoms with Crippen molar-refractivity contribution in [1.29, 1.82) is 0 Å². The second-order valence-electron chi connectivity index (χ2n) is 3.48. The molecular weight excluding hydrogens is 180 g/mol. The Morgan fingerprint density at radius 2 is 2.36 bits per heavy atom. The molecule has 1 aliphatic heterocycles. The summed E-state index contributed by atoms with van der Waals surface area (Å²) in [7, 11) is 0. The van der Waals surface area contributed by atoms with E-state index in [0.29, 0.717) is 13.0 Å². The molecule has 0 saturated carbocycles. The van der Waals surface area contributed by atoms with E-state index < -0.39 is 0 Å². The van der Waals surface area contributed by atoms with Gasteiger partial charge in [-0.05, 0) is 19.8 Å². The standard InChI is InChI=1S/C11H18O3/c1-3-4-5-6-7-13-10-8-11(12)14-9(10)2/h4-5,9-10H,3,6-8H2,1-2H3/b5-4-. The molecule has 3 heteroatoms. The number of cyclic esters (lactones) is 1. The molecule has 2 atom stereocenters. The van der Waals surface area contributed by atoms with Crippen LogP contribution < -0.4 is 0 Å². The molecule has 3 nitrogen and oxygen atoms in total. The first-order chi connectivity index (χ1) is 6.74. The highest BCUT2D eigenvalue weighted by molar-refractivity contribution is 5.72. The van der Waals surface area contributed by atoms with Crippen LogP contribution in [0.5, 0.6) is 0 Å². The molecule has 0 spiro atoms. The molecule has 0 N–H and O–H groups in total. The minimum absolute atomic E-state index is 0.0440. The number of esters is 1. The van der Waals surface area contributed by atoms with Crippen molar-refractivity contribution < 1.29 is 14.3 Å². The smallest absolute Gasteiger partial charge is 0.308 e. The Labute approximate surface area is 85.1 Å². The number of rotatable bonds is 5. The van der Waals surface area contributed by atoms with Gasteiger partial charge < -0.3 is 9.47 Å². The third-order valence-electron chi connectivity index (χ3n) is 2.23. The monoisotopic (exact) mass is 198 g/mol. The van der Waals surface area contributed by atoms with E-state index in [2.05, 4.69) is 19.1 Å². The molecule has 1 heterocycles. The van der Waals surface area contributed by atoms with E-state index in [1.165, 1.54) is 0 Å². The first-order valence-corrected chi connectivity index (χ1v) is 5.20. The molecule has 1 aliphatic rings. The minimum Gasteiger partial charge on any atom is -0.460 e. The van der Waals surface area contributed by atoms with Crippen LogP contribution in [0, 0.1) is 0 Å². The second-order valence-corrected chi connectivity index (χ2v) is 3.48. The quantitative estimate of drug-likeness (QED) is 0.385. The molecule has 1 saturated heterocycles. The Balaban J connectivity index is 2.12. The van der Waals surface area contributed by atoms with Crippen molar-refractivity contribution in [1.82, 2.24) is 0 Å². The van der Waals surface area contributed by atoms with Gasteiger partial charge in [0.15, 0.2) is 0 Å². The highest BCUT2D eigenvalue weighted by Crippen LogP contribution is 2.17. The Bertz CT molecular complexity index is 211. The Hall–Kier alpha value is -0.830. The summed E-state index contributed by atoms with van der Waals surface area (Å²) in [5.41, 5.74) is 0. The van der Waals surface area contributed by atoms with E-state index in [1.807, 2.05) is 6.92 Å². The highest BCUT2D eigenvalue weighted by atomic mass is 16.6. The molecule has 80 valence electrons.